The van der Waals surface area contributed by atoms with Gasteiger partial charge in [0, 0.05) is 0 Å². The number of carbonyl (C=O) groups excluding carboxylic acids is 1. The molecular weight excluding hydrogens is 322 g/mol. The summed E-state index contributed by atoms with van der Waals surface area (Å²) in [4.78, 5) is 24.4. The fourth-order valence-electron chi connectivity index (χ4n) is 2.92. The average molecular weight is 339 g/mol. The maximum absolute atomic E-state index is 12.0. The molecule has 8 nitrogen and oxygen atoms in total. The standard InChI is InChI=1S/C17H17N5O3/c18-15-14-16(20-9-19-15)22(10-21-14)13-7-6-12(25-13)8-24-17(23)11-4-2-1-3-5-11/h1-5,9-10,12-13H,6-8H2,(H2,18,19,20). The van der Waals surface area contributed by atoms with Crippen molar-refractivity contribution in [1.29, 1.82) is 0 Å². The minimum Gasteiger partial charge on any atom is -0.459 e. The molecule has 1 aromatic carbocycles. The topological polar surface area (TPSA) is 105 Å². The second-order valence-electron chi connectivity index (χ2n) is 5.84. The molecule has 2 N–H and O–H groups in total. The zero-order valence-corrected chi connectivity index (χ0v) is 13.4. The van der Waals surface area contributed by atoms with Crippen LogP contribution in [-0.2, 0) is 9.47 Å². The van der Waals surface area contributed by atoms with E-state index in [0.717, 1.165) is 12.8 Å². The monoisotopic (exact) mass is 339 g/mol. The smallest absolute Gasteiger partial charge is 0.338 e. The van der Waals surface area contributed by atoms with Gasteiger partial charge in [0.2, 0.25) is 0 Å². The van der Waals surface area contributed by atoms with Gasteiger partial charge in [-0.1, -0.05) is 18.2 Å². The van der Waals surface area contributed by atoms with Crippen LogP contribution in [0.3, 0.4) is 0 Å². The molecule has 3 heterocycles. The fourth-order valence-corrected chi connectivity index (χ4v) is 2.92. The third kappa shape index (κ3) is 3.03. The Morgan fingerprint density at radius 3 is 2.92 bits per heavy atom. The van der Waals surface area contributed by atoms with E-state index >= 15 is 0 Å². The summed E-state index contributed by atoms with van der Waals surface area (Å²) in [5, 5.41) is 0. The van der Waals surface area contributed by atoms with Gasteiger partial charge in [0.05, 0.1) is 18.0 Å². The SMILES string of the molecule is Nc1ncnc2c1ncn2C1CCC(COC(=O)c2ccccc2)O1. The lowest BCUT2D eigenvalue weighted by atomic mass is 10.2. The van der Waals surface area contributed by atoms with Crippen LogP contribution in [0.2, 0.25) is 0 Å². The molecule has 1 aliphatic heterocycles. The number of hydrogen-bond donors (Lipinski definition) is 1. The van der Waals surface area contributed by atoms with E-state index in [1.807, 2.05) is 10.6 Å². The summed E-state index contributed by atoms with van der Waals surface area (Å²) < 4.78 is 13.2. The number of nitrogen functional groups attached to an aromatic ring is 1. The molecule has 128 valence electrons. The van der Waals surface area contributed by atoms with E-state index in [4.69, 9.17) is 15.2 Å². The van der Waals surface area contributed by atoms with E-state index in [0.29, 0.717) is 22.5 Å². The van der Waals surface area contributed by atoms with E-state index in [9.17, 15) is 4.79 Å². The number of esters is 1. The number of benzene rings is 1. The Kier molecular flexibility index (Phi) is 4.02. The van der Waals surface area contributed by atoms with Crippen LogP contribution in [0.5, 0.6) is 0 Å². The predicted octanol–water partition coefficient (Wildman–Crippen LogP) is 1.94. The first-order chi connectivity index (χ1) is 12.2. The Morgan fingerprint density at radius 2 is 2.08 bits per heavy atom. The highest BCUT2D eigenvalue weighted by molar-refractivity contribution is 5.89. The van der Waals surface area contributed by atoms with E-state index < -0.39 is 0 Å². The van der Waals surface area contributed by atoms with Crippen molar-refractivity contribution < 1.29 is 14.3 Å². The highest BCUT2D eigenvalue weighted by Crippen LogP contribution is 2.31. The summed E-state index contributed by atoms with van der Waals surface area (Å²) in [7, 11) is 0. The van der Waals surface area contributed by atoms with Gasteiger partial charge in [0.1, 0.15) is 24.7 Å². The van der Waals surface area contributed by atoms with E-state index in [-0.39, 0.29) is 24.9 Å². The molecule has 0 bridgehead atoms. The van der Waals surface area contributed by atoms with Gasteiger partial charge in [0.25, 0.3) is 0 Å². The predicted molar refractivity (Wildman–Crippen MR) is 89.6 cm³/mol. The number of rotatable bonds is 4. The zero-order valence-electron chi connectivity index (χ0n) is 13.4. The molecule has 2 aromatic heterocycles. The lowest BCUT2D eigenvalue weighted by Crippen LogP contribution is -2.19. The highest BCUT2D eigenvalue weighted by atomic mass is 16.6. The second kappa shape index (κ2) is 6.48. The fraction of sp³-hybridized carbons (Fsp3) is 0.294. The third-order valence-electron chi connectivity index (χ3n) is 4.19. The van der Waals surface area contributed by atoms with Gasteiger partial charge in [-0.05, 0) is 25.0 Å². The van der Waals surface area contributed by atoms with Crippen molar-refractivity contribution in [3.63, 3.8) is 0 Å². The van der Waals surface area contributed by atoms with Gasteiger partial charge in [-0.25, -0.2) is 19.7 Å². The molecule has 0 saturated carbocycles. The summed E-state index contributed by atoms with van der Waals surface area (Å²) in [6.07, 6.45) is 4.26. The van der Waals surface area contributed by atoms with E-state index in [1.165, 1.54) is 6.33 Å². The number of ether oxygens (including phenoxy) is 2. The Labute approximate surface area is 143 Å². The molecule has 2 atom stereocenters. The van der Waals surface area contributed by atoms with Gasteiger partial charge in [0.15, 0.2) is 11.5 Å². The molecule has 0 radical (unpaired) electrons. The number of nitrogens with two attached hydrogens (primary N) is 1. The molecule has 0 amide bonds. The minimum absolute atomic E-state index is 0.158. The van der Waals surface area contributed by atoms with Crippen LogP contribution in [0.25, 0.3) is 11.2 Å². The summed E-state index contributed by atoms with van der Waals surface area (Å²) >= 11 is 0. The van der Waals surface area contributed by atoms with Crippen LogP contribution < -0.4 is 5.73 Å². The van der Waals surface area contributed by atoms with Crippen molar-refractivity contribution in [1.82, 2.24) is 19.5 Å². The van der Waals surface area contributed by atoms with Crippen LogP contribution >= 0.6 is 0 Å². The van der Waals surface area contributed by atoms with Crippen LogP contribution in [0.1, 0.15) is 29.4 Å². The molecule has 1 saturated heterocycles. The van der Waals surface area contributed by atoms with Crippen LogP contribution in [0.15, 0.2) is 43.0 Å². The zero-order chi connectivity index (χ0) is 17.2. The number of aromatic nitrogens is 4. The molecule has 1 fully saturated rings. The molecule has 25 heavy (non-hydrogen) atoms. The van der Waals surface area contributed by atoms with Gasteiger partial charge in [-0.15, -0.1) is 0 Å². The number of nitrogens with zero attached hydrogens (tertiary/aromatic N) is 4. The van der Waals surface area contributed by atoms with Crippen LogP contribution in [0.4, 0.5) is 5.82 Å². The second-order valence-corrected chi connectivity index (χ2v) is 5.84. The number of hydrogen-bond acceptors (Lipinski definition) is 7. The first kappa shape index (κ1) is 15.5. The van der Waals surface area contributed by atoms with Crippen molar-refractivity contribution >= 4 is 23.0 Å². The van der Waals surface area contributed by atoms with Crippen molar-refractivity contribution in [2.75, 3.05) is 12.3 Å². The van der Waals surface area contributed by atoms with Gasteiger partial charge >= 0.3 is 5.97 Å². The number of imidazole rings is 1. The molecular formula is C17H17N5O3. The molecule has 0 spiro atoms. The first-order valence-electron chi connectivity index (χ1n) is 8.03. The summed E-state index contributed by atoms with van der Waals surface area (Å²) in [6, 6.07) is 8.91. The average Bonchev–Trinajstić information content (AvgIpc) is 3.27. The molecule has 3 aromatic rings. The van der Waals surface area contributed by atoms with E-state index in [1.54, 1.807) is 30.6 Å². The van der Waals surface area contributed by atoms with Gasteiger partial charge in [-0.2, -0.15) is 0 Å². The third-order valence-corrected chi connectivity index (χ3v) is 4.19. The van der Waals surface area contributed by atoms with E-state index in [2.05, 4.69) is 15.0 Å². The molecule has 0 aliphatic carbocycles. The normalized spacial score (nSPS) is 20.0. The largest absolute Gasteiger partial charge is 0.459 e. The Bertz CT molecular complexity index is 896. The maximum Gasteiger partial charge on any atom is 0.338 e. The summed E-state index contributed by atoms with van der Waals surface area (Å²) in [5.74, 6) is -0.00340. The van der Waals surface area contributed by atoms with Crippen molar-refractivity contribution in [2.45, 2.75) is 25.2 Å². The van der Waals surface area contributed by atoms with Crippen molar-refractivity contribution in [3.05, 3.63) is 48.5 Å². The summed E-state index contributed by atoms with van der Waals surface area (Å²) in [6.45, 7) is 0.216. The molecule has 2 unspecified atom stereocenters. The minimum atomic E-state index is -0.346. The molecule has 8 heteroatoms. The first-order valence-corrected chi connectivity index (χ1v) is 8.03. The number of fused-ring (bicyclic) bond motifs is 1. The Balaban J connectivity index is 1.40. The van der Waals surface area contributed by atoms with Gasteiger partial charge in [-0.3, -0.25) is 4.57 Å². The van der Waals surface area contributed by atoms with Crippen molar-refractivity contribution in [3.8, 4) is 0 Å². The lowest BCUT2D eigenvalue weighted by Gasteiger charge is -2.15. The molecule has 1 aliphatic rings. The highest BCUT2D eigenvalue weighted by Gasteiger charge is 2.29. The van der Waals surface area contributed by atoms with Crippen molar-refractivity contribution in [2.24, 2.45) is 0 Å². The molecule has 4 rings (SSSR count). The lowest BCUT2D eigenvalue weighted by molar-refractivity contribution is -0.0309. The van der Waals surface area contributed by atoms with Gasteiger partial charge < -0.3 is 15.2 Å². The number of carbonyl (C=O) groups is 1. The Hall–Kier alpha value is -3.00. The summed E-state index contributed by atoms with van der Waals surface area (Å²) in [5.41, 5.74) is 7.54. The Morgan fingerprint density at radius 1 is 1.24 bits per heavy atom. The van der Waals surface area contributed by atoms with Crippen LogP contribution in [-0.4, -0.2) is 38.2 Å². The van der Waals surface area contributed by atoms with Crippen LogP contribution in [0, 0.1) is 0 Å². The maximum atomic E-state index is 12.0. The quantitative estimate of drug-likeness (QED) is 0.724. The number of anilines is 1.